The van der Waals surface area contributed by atoms with Crippen LogP contribution in [-0.4, -0.2) is 49.6 Å². The van der Waals surface area contributed by atoms with Gasteiger partial charge in [-0.2, -0.15) is 11.8 Å². The smallest absolute Gasteiger partial charge is 0.0166 e. The predicted molar refractivity (Wildman–Crippen MR) is 73.2 cm³/mol. The molecule has 1 unspecified atom stereocenters. The number of rotatable bonds is 5. The first-order chi connectivity index (χ1) is 7.70. The van der Waals surface area contributed by atoms with Crippen LogP contribution in [-0.2, 0) is 0 Å². The molecule has 1 aliphatic heterocycles. The van der Waals surface area contributed by atoms with Crippen LogP contribution < -0.4 is 5.32 Å². The highest BCUT2D eigenvalue weighted by Crippen LogP contribution is 2.38. The Hall–Kier alpha value is 0.270. The first-order valence-corrected chi connectivity index (χ1v) is 7.82. The summed E-state index contributed by atoms with van der Waals surface area (Å²) in [5.41, 5.74) is 0.580. The van der Waals surface area contributed by atoms with Crippen molar-refractivity contribution in [3.05, 3.63) is 0 Å². The molecule has 1 saturated heterocycles. The molecule has 2 aliphatic rings. The summed E-state index contributed by atoms with van der Waals surface area (Å²) in [5, 5.41) is 3.82. The van der Waals surface area contributed by atoms with E-state index in [9.17, 15) is 0 Å². The summed E-state index contributed by atoms with van der Waals surface area (Å²) in [6.45, 7) is 2.51. The average Bonchev–Trinajstić information content (AvgIpc) is 2.84. The molecule has 0 aromatic rings. The summed E-state index contributed by atoms with van der Waals surface area (Å²) in [4.78, 5) is 2.37. The van der Waals surface area contributed by atoms with Crippen molar-refractivity contribution >= 4 is 11.8 Å². The molecule has 1 atom stereocenters. The Morgan fingerprint density at radius 3 is 2.62 bits per heavy atom. The molecule has 94 valence electrons. The van der Waals surface area contributed by atoms with Gasteiger partial charge < -0.3 is 10.2 Å². The van der Waals surface area contributed by atoms with Crippen molar-refractivity contribution in [1.82, 2.24) is 10.2 Å². The van der Waals surface area contributed by atoms with E-state index in [0.29, 0.717) is 5.41 Å². The summed E-state index contributed by atoms with van der Waals surface area (Å²) >= 11 is 2.10. The van der Waals surface area contributed by atoms with Gasteiger partial charge in [-0.3, -0.25) is 0 Å². The van der Waals surface area contributed by atoms with Gasteiger partial charge in [0, 0.05) is 24.9 Å². The lowest BCUT2D eigenvalue weighted by Crippen LogP contribution is -2.43. The molecule has 1 heterocycles. The van der Waals surface area contributed by atoms with Crippen molar-refractivity contribution in [2.24, 2.45) is 5.41 Å². The third-order valence-electron chi connectivity index (χ3n) is 4.01. The normalized spacial score (nSPS) is 29.1. The lowest BCUT2D eigenvalue weighted by molar-refractivity contribution is 0.190. The topological polar surface area (TPSA) is 15.3 Å². The van der Waals surface area contributed by atoms with Crippen molar-refractivity contribution in [2.75, 3.05) is 38.7 Å². The molecule has 2 rings (SSSR count). The van der Waals surface area contributed by atoms with Gasteiger partial charge in [0.2, 0.25) is 0 Å². The number of nitrogens with one attached hydrogen (secondary N) is 1. The standard InChI is InChI=1S/C13H26N2S/c1-15(2)11-13(6-3-4-7-13)10-14-12-5-8-16-9-12/h12,14H,3-11H2,1-2H3. The van der Waals surface area contributed by atoms with E-state index in [1.165, 1.54) is 56.7 Å². The molecule has 0 bridgehead atoms. The fourth-order valence-electron chi connectivity index (χ4n) is 3.24. The van der Waals surface area contributed by atoms with Crippen LogP contribution in [0.3, 0.4) is 0 Å². The Balaban J connectivity index is 1.81. The van der Waals surface area contributed by atoms with Crippen LogP contribution in [0.5, 0.6) is 0 Å². The molecule has 0 aromatic carbocycles. The number of hydrogen-bond donors (Lipinski definition) is 1. The Morgan fingerprint density at radius 2 is 2.06 bits per heavy atom. The fraction of sp³-hybridized carbons (Fsp3) is 1.00. The van der Waals surface area contributed by atoms with Crippen LogP contribution in [0, 0.1) is 5.41 Å². The highest BCUT2D eigenvalue weighted by atomic mass is 32.2. The third-order valence-corrected chi connectivity index (χ3v) is 5.17. The van der Waals surface area contributed by atoms with Crippen molar-refractivity contribution in [2.45, 2.75) is 38.1 Å². The van der Waals surface area contributed by atoms with E-state index in [1.54, 1.807) is 0 Å². The van der Waals surface area contributed by atoms with E-state index in [4.69, 9.17) is 0 Å². The van der Waals surface area contributed by atoms with Crippen molar-refractivity contribution < 1.29 is 0 Å². The van der Waals surface area contributed by atoms with E-state index in [-0.39, 0.29) is 0 Å². The largest absolute Gasteiger partial charge is 0.313 e. The Morgan fingerprint density at radius 1 is 1.31 bits per heavy atom. The minimum atomic E-state index is 0.580. The van der Waals surface area contributed by atoms with Crippen LogP contribution in [0.15, 0.2) is 0 Å². The second-order valence-corrected chi connectivity index (χ2v) is 7.04. The molecular weight excluding hydrogens is 216 g/mol. The van der Waals surface area contributed by atoms with Crippen molar-refractivity contribution in [3.63, 3.8) is 0 Å². The maximum atomic E-state index is 3.82. The molecule has 1 saturated carbocycles. The predicted octanol–water partition coefficient (Wildman–Crippen LogP) is 2.20. The number of nitrogens with zero attached hydrogens (tertiary/aromatic N) is 1. The molecule has 0 aromatic heterocycles. The van der Waals surface area contributed by atoms with Crippen molar-refractivity contribution in [1.29, 1.82) is 0 Å². The Labute approximate surface area is 105 Å². The summed E-state index contributed by atoms with van der Waals surface area (Å²) in [6, 6.07) is 0.796. The first kappa shape index (κ1) is 12.7. The zero-order chi connectivity index (χ0) is 11.4. The molecular formula is C13H26N2S. The van der Waals surface area contributed by atoms with Crippen LogP contribution in [0.1, 0.15) is 32.1 Å². The van der Waals surface area contributed by atoms with E-state index in [2.05, 4.69) is 36.1 Å². The van der Waals surface area contributed by atoms with Crippen LogP contribution >= 0.6 is 11.8 Å². The van der Waals surface area contributed by atoms with Crippen LogP contribution in [0.4, 0.5) is 0 Å². The van der Waals surface area contributed by atoms with Crippen LogP contribution in [0.2, 0.25) is 0 Å². The molecule has 0 amide bonds. The maximum Gasteiger partial charge on any atom is 0.0166 e. The van der Waals surface area contributed by atoms with Gasteiger partial charge in [-0.15, -0.1) is 0 Å². The fourth-order valence-corrected chi connectivity index (χ4v) is 4.43. The van der Waals surface area contributed by atoms with Crippen molar-refractivity contribution in [3.8, 4) is 0 Å². The summed E-state index contributed by atoms with van der Waals surface area (Å²) < 4.78 is 0. The van der Waals surface area contributed by atoms with Gasteiger partial charge in [0.1, 0.15) is 0 Å². The second kappa shape index (κ2) is 5.74. The number of thioether (sulfide) groups is 1. The zero-order valence-electron chi connectivity index (χ0n) is 10.8. The highest BCUT2D eigenvalue weighted by Gasteiger charge is 2.34. The monoisotopic (exact) mass is 242 g/mol. The molecule has 2 nitrogen and oxygen atoms in total. The summed E-state index contributed by atoms with van der Waals surface area (Å²) in [5.74, 6) is 2.69. The Kier molecular flexibility index (Phi) is 4.57. The average molecular weight is 242 g/mol. The summed E-state index contributed by atoms with van der Waals surface area (Å²) in [6.07, 6.45) is 7.11. The lowest BCUT2D eigenvalue weighted by Gasteiger charge is -2.33. The molecule has 16 heavy (non-hydrogen) atoms. The van der Waals surface area contributed by atoms with E-state index in [1.807, 2.05) is 0 Å². The number of hydrogen-bond acceptors (Lipinski definition) is 3. The van der Waals surface area contributed by atoms with E-state index in [0.717, 1.165) is 6.04 Å². The molecule has 0 spiro atoms. The van der Waals surface area contributed by atoms with Gasteiger partial charge in [0.15, 0.2) is 0 Å². The SMILES string of the molecule is CN(C)CC1(CNC2CCSC2)CCCC1. The quantitative estimate of drug-likeness (QED) is 0.796. The minimum absolute atomic E-state index is 0.580. The van der Waals surface area contributed by atoms with E-state index >= 15 is 0 Å². The summed E-state index contributed by atoms with van der Waals surface area (Å²) in [7, 11) is 4.43. The molecule has 1 aliphatic carbocycles. The van der Waals surface area contributed by atoms with E-state index < -0.39 is 0 Å². The van der Waals surface area contributed by atoms with Gasteiger partial charge in [-0.05, 0) is 44.5 Å². The molecule has 1 N–H and O–H groups in total. The van der Waals surface area contributed by atoms with Crippen LogP contribution in [0.25, 0.3) is 0 Å². The lowest BCUT2D eigenvalue weighted by atomic mass is 9.85. The van der Waals surface area contributed by atoms with Gasteiger partial charge in [-0.25, -0.2) is 0 Å². The van der Waals surface area contributed by atoms with Gasteiger partial charge in [-0.1, -0.05) is 12.8 Å². The molecule has 2 fully saturated rings. The Bertz CT molecular complexity index is 206. The first-order valence-electron chi connectivity index (χ1n) is 6.66. The van der Waals surface area contributed by atoms with Gasteiger partial charge in [0.25, 0.3) is 0 Å². The third kappa shape index (κ3) is 3.38. The van der Waals surface area contributed by atoms with Gasteiger partial charge >= 0.3 is 0 Å². The molecule has 0 radical (unpaired) electrons. The zero-order valence-corrected chi connectivity index (χ0v) is 11.6. The molecule has 3 heteroatoms. The minimum Gasteiger partial charge on any atom is -0.313 e. The maximum absolute atomic E-state index is 3.82. The second-order valence-electron chi connectivity index (χ2n) is 5.89. The van der Waals surface area contributed by atoms with Gasteiger partial charge in [0.05, 0.1) is 0 Å². The highest BCUT2D eigenvalue weighted by molar-refractivity contribution is 7.99.